The Kier molecular flexibility index (Phi) is 6.63. The van der Waals surface area contributed by atoms with Gasteiger partial charge in [0.1, 0.15) is 5.58 Å². The maximum absolute atomic E-state index is 6.96. The Balaban J connectivity index is 1.25. The second kappa shape index (κ2) is 11.7. The van der Waals surface area contributed by atoms with E-state index >= 15 is 0 Å². The van der Waals surface area contributed by atoms with Gasteiger partial charge in [-0.2, -0.15) is 0 Å². The number of fused-ring (bicyclic) bond motifs is 9. The molecule has 0 N–H and O–H groups in total. The van der Waals surface area contributed by atoms with Crippen LogP contribution in [0.5, 0.6) is 0 Å². The second-order valence-electron chi connectivity index (χ2n) is 13.2. The van der Waals surface area contributed by atoms with E-state index in [1.165, 1.54) is 62.6 Å². The van der Waals surface area contributed by atoms with Gasteiger partial charge in [0, 0.05) is 46.4 Å². The van der Waals surface area contributed by atoms with Crippen molar-refractivity contribution in [2.45, 2.75) is 0 Å². The van der Waals surface area contributed by atoms with Crippen molar-refractivity contribution in [3.63, 3.8) is 0 Å². The van der Waals surface area contributed by atoms with E-state index in [1.54, 1.807) is 0 Å². The minimum absolute atomic E-state index is 0.875. The van der Waals surface area contributed by atoms with Gasteiger partial charge in [0.05, 0.1) is 21.8 Å². The summed E-state index contributed by atoms with van der Waals surface area (Å²) in [6.45, 7) is 0. The van der Waals surface area contributed by atoms with Crippen LogP contribution in [0.1, 0.15) is 0 Å². The third-order valence-corrected chi connectivity index (χ3v) is 12.7. The number of hydrogen-bond acceptors (Lipinski definition) is 4. The molecule has 0 saturated heterocycles. The molecular weight excluding hydrogens is 671 g/mol. The summed E-state index contributed by atoms with van der Waals surface area (Å²) in [6, 6.07) is 63.4. The highest BCUT2D eigenvalue weighted by molar-refractivity contribution is 7.27. The third-order valence-electron chi connectivity index (χ3n) is 10.3. The van der Waals surface area contributed by atoms with Crippen LogP contribution in [0.4, 0.5) is 17.1 Å². The number of rotatable bonds is 5. The molecule has 2 nitrogen and oxygen atoms in total. The van der Waals surface area contributed by atoms with Gasteiger partial charge in [-0.1, -0.05) is 140 Å². The third kappa shape index (κ3) is 4.42. The first kappa shape index (κ1) is 29.5. The van der Waals surface area contributed by atoms with Crippen molar-refractivity contribution in [1.82, 2.24) is 0 Å². The zero-order valence-corrected chi connectivity index (χ0v) is 29.5. The molecule has 11 aromatic rings. The Hall–Kier alpha value is -6.20. The van der Waals surface area contributed by atoms with E-state index in [0.29, 0.717) is 0 Å². The fourth-order valence-corrected chi connectivity index (χ4v) is 10.5. The van der Waals surface area contributed by atoms with Crippen molar-refractivity contribution in [1.29, 1.82) is 0 Å². The average Bonchev–Trinajstić information content (AvgIpc) is 3.91. The molecule has 0 unspecified atom stereocenters. The molecular formula is C48H29NOS2. The zero-order valence-electron chi connectivity index (χ0n) is 27.9. The minimum atomic E-state index is 0.875. The summed E-state index contributed by atoms with van der Waals surface area (Å²) in [5.41, 5.74) is 9.89. The lowest BCUT2D eigenvalue weighted by atomic mass is 9.99. The largest absolute Gasteiger partial charge is 0.454 e. The normalized spacial score (nSPS) is 11.8. The highest BCUT2D eigenvalue weighted by atomic mass is 32.1. The maximum atomic E-state index is 6.96. The predicted octanol–water partition coefficient (Wildman–Crippen LogP) is 15.1. The van der Waals surface area contributed by atoms with Crippen molar-refractivity contribution in [2.75, 3.05) is 4.90 Å². The summed E-state index contributed by atoms with van der Waals surface area (Å²) < 4.78 is 12.1. The summed E-state index contributed by atoms with van der Waals surface area (Å²) in [5, 5.41) is 7.29. The molecule has 0 fully saturated rings. The number of thiophene rings is 2. The maximum Gasteiger partial charge on any atom is 0.159 e. The van der Waals surface area contributed by atoms with Gasteiger partial charge in [0.15, 0.2) is 5.58 Å². The van der Waals surface area contributed by atoms with Crippen LogP contribution in [0, 0.1) is 0 Å². The van der Waals surface area contributed by atoms with Crippen molar-refractivity contribution < 1.29 is 4.42 Å². The quantitative estimate of drug-likeness (QED) is 0.178. The Bertz CT molecular complexity index is 3120. The highest BCUT2D eigenvalue weighted by Gasteiger charge is 2.26. The van der Waals surface area contributed by atoms with E-state index < -0.39 is 0 Å². The molecule has 3 heterocycles. The fourth-order valence-electron chi connectivity index (χ4n) is 8.03. The average molecular weight is 700 g/mol. The number of hydrogen-bond donors (Lipinski definition) is 0. The van der Waals surface area contributed by atoms with E-state index in [0.717, 1.165) is 39.0 Å². The Morgan fingerprint density at radius 2 is 0.942 bits per heavy atom. The molecule has 0 spiro atoms. The van der Waals surface area contributed by atoms with Crippen LogP contribution in [0.3, 0.4) is 0 Å². The summed E-state index contributed by atoms with van der Waals surface area (Å²) in [6.07, 6.45) is 0. The van der Waals surface area contributed by atoms with Gasteiger partial charge in [0.25, 0.3) is 0 Å². The van der Waals surface area contributed by atoms with Gasteiger partial charge in [-0.3, -0.25) is 0 Å². The number of furan rings is 1. The molecule has 52 heavy (non-hydrogen) atoms. The van der Waals surface area contributed by atoms with E-state index in [2.05, 4.69) is 181 Å². The van der Waals surface area contributed by atoms with Crippen LogP contribution >= 0.6 is 22.7 Å². The predicted molar refractivity (Wildman–Crippen MR) is 225 cm³/mol. The first-order chi connectivity index (χ1) is 25.8. The molecule has 11 rings (SSSR count). The van der Waals surface area contributed by atoms with E-state index in [4.69, 9.17) is 4.42 Å². The Morgan fingerprint density at radius 3 is 1.77 bits per heavy atom. The molecule has 0 bridgehead atoms. The second-order valence-corrected chi connectivity index (χ2v) is 15.3. The van der Waals surface area contributed by atoms with Gasteiger partial charge in [0.2, 0.25) is 0 Å². The van der Waals surface area contributed by atoms with Crippen molar-refractivity contribution in [3.05, 3.63) is 176 Å². The number of benzene rings is 8. The SMILES string of the molecule is c1ccc(-c2cccc3c2sc2c(N(c4cccc5c4oc4cccc(-c6ccccc6)c45)c4cccc5sc6ccccc6c45)cccc23)cc1. The van der Waals surface area contributed by atoms with Gasteiger partial charge in [-0.15, -0.1) is 22.7 Å². The lowest BCUT2D eigenvalue weighted by molar-refractivity contribution is 0.669. The number of nitrogens with zero attached hydrogens (tertiary/aromatic N) is 1. The number of para-hydroxylation sites is 1. The molecule has 0 saturated carbocycles. The summed E-state index contributed by atoms with van der Waals surface area (Å²) >= 11 is 3.73. The van der Waals surface area contributed by atoms with Crippen LogP contribution in [0.25, 0.3) is 84.5 Å². The van der Waals surface area contributed by atoms with Crippen LogP contribution in [-0.4, -0.2) is 0 Å². The highest BCUT2D eigenvalue weighted by Crippen LogP contribution is 2.52. The molecule has 0 aliphatic carbocycles. The zero-order chi connectivity index (χ0) is 34.2. The van der Waals surface area contributed by atoms with Crippen LogP contribution in [0.2, 0.25) is 0 Å². The number of anilines is 3. The van der Waals surface area contributed by atoms with Gasteiger partial charge < -0.3 is 9.32 Å². The molecule has 0 amide bonds. The van der Waals surface area contributed by atoms with Crippen LogP contribution in [0.15, 0.2) is 180 Å². The van der Waals surface area contributed by atoms with Crippen molar-refractivity contribution >= 4 is 102 Å². The van der Waals surface area contributed by atoms with Crippen molar-refractivity contribution in [3.8, 4) is 22.3 Å². The molecule has 0 radical (unpaired) electrons. The lowest BCUT2D eigenvalue weighted by Gasteiger charge is -2.27. The standard InChI is InChI=1S/C48H29NOS2/c1-3-14-30(15-4-1)32-19-12-27-41-44(32)37-23-11-25-39(46(37)50-41)49(38-24-13-29-43-45(38)36-18-7-8-28-42(36)51-43)40-26-10-22-35-34-21-9-20-33(47(34)52-48(35)40)31-16-5-2-6-17-31/h1-29H. The summed E-state index contributed by atoms with van der Waals surface area (Å²) in [4.78, 5) is 2.47. The first-order valence-corrected chi connectivity index (χ1v) is 19.1. The Labute approximate surface area is 308 Å². The molecule has 3 aromatic heterocycles. The fraction of sp³-hybridized carbons (Fsp3) is 0. The van der Waals surface area contributed by atoms with Crippen LogP contribution < -0.4 is 4.90 Å². The summed E-state index contributed by atoms with van der Waals surface area (Å²) in [7, 11) is 0. The molecule has 0 aliphatic heterocycles. The minimum Gasteiger partial charge on any atom is -0.454 e. The monoisotopic (exact) mass is 699 g/mol. The van der Waals surface area contributed by atoms with Gasteiger partial charge in [-0.25, -0.2) is 0 Å². The summed E-state index contributed by atoms with van der Waals surface area (Å²) in [5.74, 6) is 0. The smallest absolute Gasteiger partial charge is 0.159 e. The van der Waals surface area contributed by atoms with E-state index in [9.17, 15) is 0 Å². The lowest BCUT2D eigenvalue weighted by Crippen LogP contribution is -2.10. The molecule has 244 valence electrons. The van der Waals surface area contributed by atoms with Crippen molar-refractivity contribution in [2.24, 2.45) is 0 Å². The topological polar surface area (TPSA) is 16.4 Å². The van der Waals surface area contributed by atoms with E-state index in [-0.39, 0.29) is 0 Å². The Morgan fingerprint density at radius 1 is 0.365 bits per heavy atom. The molecule has 0 aliphatic rings. The van der Waals surface area contributed by atoms with E-state index in [1.807, 2.05) is 22.7 Å². The molecule has 8 aromatic carbocycles. The van der Waals surface area contributed by atoms with Gasteiger partial charge >= 0.3 is 0 Å². The molecule has 4 heteroatoms. The molecule has 0 atom stereocenters. The first-order valence-electron chi connectivity index (χ1n) is 17.5. The van der Waals surface area contributed by atoms with Crippen LogP contribution in [-0.2, 0) is 0 Å². The van der Waals surface area contributed by atoms with Gasteiger partial charge in [-0.05, 0) is 58.7 Å².